The molecule has 1 heterocycles. The Kier molecular flexibility index (Phi) is 1.90. The fraction of sp³-hybridized carbons (Fsp3) is 1.00. The van der Waals surface area contributed by atoms with Gasteiger partial charge in [0.05, 0.1) is 6.61 Å². The van der Waals surface area contributed by atoms with Crippen LogP contribution in [0.15, 0.2) is 0 Å². The molecule has 1 aliphatic carbocycles. The van der Waals surface area contributed by atoms with Crippen LogP contribution in [0.25, 0.3) is 0 Å². The smallest absolute Gasteiger partial charge is 0.106 e. The molecule has 2 aliphatic rings. The Labute approximate surface area is 72.9 Å². The summed E-state index contributed by atoms with van der Waals surface area (Å²) in [7, 11) is 0. The van der Waals surface area contributed by atoms with Gasteiger partial charge in [0.1, 0.15) is 5.60 Å². The van der Waals surface area contributed by atoms with Gasteiger partial charge in [-0.25, -0.2) is 0 Å². The summed E-state index contributed by atoms with van der Waals surface area (Å²) in [6, 6.07) is 0. The van der Waals surface area contributed by atoms with Gasteiger partial charge in [0, 0.05) is 12.1 Å². The maximum absolute atomic E-state index is 10.2. The normalized spacial score (nSPS) is 40.5. The van der Waals surface area contributed by atoms with Crippen molar-refractivity contribution >= 4 is 0 Å². The third-order valence-corrected chi connectivity index (χ3v) is 3.39. The monoisotopic (exact) mass is 171 g/mol. The third kappa shape index (κ3) is 1.08. The Morgan fingerprint density at radius 1 is 1.17 bits per heavy atom. The summed E-state index contributed by atoms with van der Waals surface area (Å²) < 4.78 is 5.28. The molecule has 1 unspecified atom stereocenters. The molecule has 3 N–H and O–H groups in total. The van der Waals surface area contributed by atoms with E-state index in [0.717, 1.165) is 38.7 Å². The van der Waals surface area contributed by atoms with Gasteiger partial charge in [0.25, 0.3) is 0 Å². The predicted octanol–water partition coefficient (Wildman–Crippen LogP) is 0.409. The fourth-order valence-corrected chi connectivity index (χ4v) is 2.20. The van der Waals surface area contributed by atoms with E-state index in [2.05, 4.69) is 0 Å². The standard InChI is InChI=1S/C9H17NO2/c10-8(3-1-4-8)9(11)5-2-6-12-7-9/h11H,1-7,10H2. The van der Waals surface area contributed by atoms with Crippen LogP contribution in [-0.4, -0.2) is 29.5 Å². The minimum Gasteiger partial charge on any atom is -0.386 e. The molecule has 0 radical (unpaired) electrons. The molecule has 70 valence electrons. The molecule has 1 aliphatic heterocycles. The molecule has 0 aromatic rings. The average Bonchev–Trinajstić information content (AvgIpc) is 2.01. The van der Waals surface area contributed by atoms with Crippen LogP contribution in [-0.2, 0) is 4.74 Å². The molecule has 1 atom stereocenters. The predicted molar refractivity (Wildman–Crippen MR) is 45.8 cm³/mol. The lowest BCUT2D eigenvalue weighted by Crippen LogP contribution is -2.67. The van der Waals surface area contributed by atoms with Gasteiger partial charge >= 0.3 is 0 Å². The van der Waals surface area contributed by atoms with Crippen LogP contribution < -0.4 is 5.73 Å². The lowest BCUT2D eigenvalue weighted by Gasteiger charge is -2.52. The van der Waals surface area contributed by atoms with Gasteiger partial charge in [0.15, 0.2) is 0 Å². The highest BCUT2D eigenvalue weighted by molar-refractivity contribution is 5.09. The van der Waals surface area contributed by atoms with Crippen molar-refractivity contribution in [3.05, 3.63) is 0 Å². The van der Waals surface area contributed by atoms with Crippen molar-refractivity contribution in [2.45, 2.75) is 43.2 Å². The molecule has 2 rings (SSSR count). The number of ether oxygens (including phenoxy) is 1. The first-order chi connectivity index (χ1) is 5.66. The second kappa shape index (κ2) is 2.69. The van der Waals surface area contributed by atoms with Gasteiger partial charge in [-0.15, -0.1) is 0 Å². The maximum Gasteiger partial charge on any atom is 0.106 e. The van der Waals surface area contributed by atoms with Gasteiger partial charge in [-0.05, 0) is 32.1 Å². The molecular formula is C9H17NO2. The molecule has 1 saturated carbocycles. The van der Waals surface area contributed by atoms with E-state index in [1.165, 1.54) is 0 Å². The van der Waals surface area contributed by atoms with Crippen molar-refractivity contribution in [3.8, 4) is 0 Å². The molecule has 1 saturated heterocycles. The zero-order valence-corrected chi connectivity index (χ0v) is 7.38. The Balaban J connectivity index is 2.07. The summed E-state index contributed by atoms with van der Waals surface area (Å²) in [5.74, 6) is 0. The van der Waals surface area contributed by atoms with Crippen LogP contribution >= 0.6 is 0 Å². The quantitative estimate of drug-likeness (QED) is 0.600. The van der Waals surface area contributed by atoms with E-state index in [9.17, 15) is 5.11 Å². The molecular weight excluding hydrogens is 154 g/mol. The molecule has 12 heavy (non-hydrogen) atoms. The summed E-state index contributed by atoms with van der Waals surface area (Å²) in [5.41, 5.74) is 5.01. The van der Waals surface area contributed by atoms with Gasteiger partial charge in [-0.1, -0.05) is 0 Å². The van der Waals surface area contributed by atoms with Gasteiger partial charge < -0.3 is 15.6 Å². The van der Waals surface area contributed by atoms with Gasteiger partial charge in [-0.3, -0.25) is 0 Å². The highest BCUT2D eigenvalue weighted by atomic mass is 16.5. The lowest BCUT2D eigenvalue weighted by atomic mass is 9.64. The molecule has 0 amide bonds. The molecule has 0 spiro atoms. The van der Waals surface area contributed by atoms with Crippen molar-refractivity contribution < 1.29 is 9.84 Å². The summed E-state index contributed by atoms with van der Waals surface area (Å²) in [6.45, 7) is 1.21. The molecule has 3 heteroatoms. The van der Waals surface area contributed by atoms with Crippen molar-refractivity contribution in [2.24, 2.45) is 5.73 Å². The van der Waals surface area contributed by atoms with E-state index in [0.29, 0.717) is 6.61 Å². The first kappa shape index (κ1) is 8.48. The molecule has 0 aromatic heterocycles. The molecule has 3 nitrogen and oxygen atoms in total. The lowest BCUT2D eigenvalue weighted by molar-refractivity contribution is -0.148. The number of rotatable bonds is 1. The minimum absolute atomic E-state index is 0.340. The van der Waals surface area contributed by atoms with Gasteiger partial charge in [0.2, 0.25) is 0 Å². The Morgan fingerprint density at radius 2 is 1.92 bits per heavy atom. The number of hydrogen-bond acceptors (Lipinski definition) is 3. The average molecular weight is 171 g/mol. The van der Waals surface area contributed by atoms with Crippen molar-refractivity contribution in [1.82, 2.24) is 0 Å². The van der Waals surface area contributed by atoms with Gasteiger partial charge in [-0.2, -0.15) is 0 Å². The SMILES string of the molecule is NC1(C2(O)CCCOC2)CCC1. The van der Waals surface area contributed by atoms with E-state index >= 15 is 0 Å². The first-order valence-corrected chi connectivity index (χ1v) is 4.75. The minimum atomic E-state index is -0.733. The molecule has 0 bridgehead atoms. The van der Waals surface area contributed by atoms with E-state index in [4.69, 9.17) is 10.5 Å². The summed E-state index contributed by atoms with van der Waals surface area (Å²) in [5, 5.41) is 10.2. The van der Waals surface area contributed by atoms with Crippen LogP contribution in [0.2, 0.25) is 0 Å². The maximum atomic E-state index is 10.2. The summed E-state index contributed by atoms with van der Waals surface area (Å²) >= 11 is 0. The number of hydrogen-bond donors (Lipinski definition) is 2. The molecule has 2 fully saturated rings. The highest BCUT2D eigenvalue weighted by Crippen LogP contribution is 2.42. The van der Waals surface area contributed by atoms with Crippen LogP contribution in [0, 0.1) is 0 Å². The second-order valence-electron chi connectivity index (χ2n) is 4.20. The topological polar surface area (TPSA) is 55.5 Å². The highest BCUT2D eigenvalue weighted by Gasteiger charge is 2.51. The fourth-order valence-electron chi connectivity index (χ4n) is 2.20. The largest absolute Gasteiger partial charge is 0.386 e. The Hall–Kier alpha value is -0.120. The zero-order valence-electron chi connectivity index (χ0n) is 7.38. The summed E-state index contributed by atoms with van der Waals surface area (Å²) in [4.78, 5) is 0. The van der Waals surface area contributed by atoms with E-state index in [1.807, 2.05) is 0 Å². The Bertz CT molecular complexity index is 171. The van der Waals surface area contributed by atoms with Crippen LogP contribution in [0.5, 0.6) is 0 Å². The zero-order chi connectivity index (χ0) is 8.66. The second-order valence-corrected chi connectivity index (χ2v) is 4.20. The number of nitrogens with two attached hydrogens (primary N) is 1. The van der Waals surface area contributed by atoms with Crippen LogP contribution in [0.1, 0.15) is 32.1 Å². The van der Waals surface area contributed by atoms with Crippen molar-refractivity contribution in [3.63, 3.8) is 0 Å². The van der Waals surface area contributed by atoms with E-state index in [-0.39, 0.29) is 5.54 Å². The van der Waals surface area contributed by atoms with E-state index in [1.54, 1.807) is 0 Å². The third-order valence-electron chi connectivity index (χ3n) is 3.39. The van der Waals surface area contributed by atoms with Crippen LogP contribution in [0.4, 0.5) is 0 Å². The number of aliphatic hydroxyl groups is 1. The first-order valence-electron chi connectivity index (χ1n) is 4.75. The van der Waals surface area contributed by atoms with Crippen molar-refractivity contribution in [2.75, 3.05) is 13.2 Å². The Morgan fingerprint density at radius 3 is 2.33 bits per heavy atom. The van der Waals surface area contributed by atoms with Crippen LogP contribution in [0.3, 0.4) is 0 Å². The summed E-state index contributed by atoms with van der Waals surface area (Å²) in [6.07, 6.45) is 4.80. The van der Waals surface area contributed by atoms with E-state index < -0.39 is 5.60 Å². The van der Waals surface area contributed by atoms with Crippen molar-refractivity contribution in [1.29, 1.82) is 0 Å². The molecule has 0 aromatic carbocycles.